The molecule has 7 rings (SSSR count). The molecule has 11 nitrogen and oxygen atoms in total. The third kappa shape index (κ3) is 6.91. The second kappa shape index (κ2) is 13.4. The molecule has 49 heavy (non-hydrogen) atoms. The van der Waals surface area contributed by atoms with E-state index < -0.39 is 7.14 Å². The van der Waals surface area contributed by atoms with Crippen molar-refractivity contribution in [3.05, 3.63) is 65.7 Å². The zero-order chi connectivity index (χ0) is 34.3. The standard InChI is InChI=1S/C36H43BrN9O2P/c1-44-14-10-36(11-15-44)12-16-46(17-13-36)31-19-32(48-3)29(18-26(31)24-20-40-45(2)23-24)42-35-39-21-27(37)34(43-35)41-30-22-38-28-9-7-6-8-25(28)33(30)49(4,5)47/h6-9,18-23H,10-17H2,1-5H3,(H2,39,41,42,43). The number of aromatic nitrogens is 5. The molecule has 2 aromatic carbocycles. The summed E-state index contributed by atoms with van der Waals surface area (Å²) in [7, 11) is 3.16. The first kappa shape index (κ1) is 33.5. The summed E-state index contributed by atoms with van der Waals surface area (Å²) in [6.45, 7) is 7.92. The monoisotopic (exact) mass is 743 g/mol. The molecule has 3 aromatic heterocycles. The van der Waals surface area contributed by atoms with Gasteiger partial charge in [0, 0.05) is 66.1 Å². The lowest BCUT2D eigenvalue weighted by Crippen LogP contribution is -2.46. The molecule has 0 saturated carbocycles. The summed E-state index contributed by atoms with van der Waals surface area (Å²) in [5.41, 5.74) is 5.85. The van der Waals surface area contributed by atoms with Crippen LogP contribution in [-0.4, -0.2) is 83.3 Å². The third-order valence-corrected chi connectivity index (χ3v) is 12.2. The van der Waals surface area contributed by atoms with Crippen LogP contribution in [0, 0.1) is 5.41 Å². The number of ether oxygens (including phenoxy) is 1. The van der Waals surface area contributed by atoms with Gasteiger partial charge in [-0.05, 0) is 92.6 Å². The van der Waals surface area contributed by atoms with E-state index in [0.29, 0.717) is 33.1 Å². The Labute approximate surface area is 296 Å². The lowest BCUT2D eigenvalue weighted by molar-refractivity contribution is 0.0945. The van der Waals surface area contributed by atoms with Gasteiger partial charge >= 0.3 is 0 Å². The molecule has 2 saturated heterocycles. The highest BCUT2D eigenvalue weighted by Gasteiger charge is 2.37. The number of rotatable bonds is 8. The Morgan fingerprint density at radius 3 is 2.35 bits per heavy atom. The molecule has 2 N–H and O–H groups in total. The van der Waals surface area contributed by atoms with Gasteiger partial charge in [0.1, 0.15) is 18.7 Å². The van der Waals surface area contributed by atoms with E-state index in [1.807, 2.05) is 48.4 Å². The minimum Gasteiger partial charge on any atom is -0.494 e. The Kier molecular flexibility index (Phi) is 9.15. The fourth-order valence-electron chi connectivity index (χ4n) is 7.27. The average Bonchev–Trinajstić information content (AvgIpc) is 3.53. The molecule has 2 aliphatic rings. The maximum Gasteiger partial charge on any atom is 0.229 e. The highest BCUT2D eigenvalue weighted by atomic mass is 79.9. The Morgan fingerprint density at radius 2 is 1.65 bits per heavy atom. The molecule has 5 heterocycles. The number of likely N-dealkylation sites (tertiary alicyclic amines) is 1. The molecule has 0 bridgehead atoms. The fraction of sp³-hybridized carbons (Fsp3) is 0.389. The summed E-state index contributed by atoms with van der Waals surface area (Å²) >= 11 is 3.61. The van der Waals surface area contributed by atoms with Crippen molar-refractivity contribution in [1.29, 1.82) is 0 Å². The van der Waals surface area contributed by atoms with Gasteiger partial charge in [-0.25, -0.2) is 4.98 Å². The maximum atomic E-state index is 13.5. The lowest BCUT2D eigenvalue weighted by atomic mass is 9.71. The molecule has 13 heteroatoms. The maximum absolute atomic E-state index is 13.5. The normalized spacial score (nSPS) is 16.7. The Bertz CT molecular complexity index is 2040. The minimum atomic E-state index is -2.70. The summed E-state index contributed by atoms with van der Waals surface area (Å²) < 4.78 is 22.0. The van der Waals surface area contributed by atoms with E-state index in [0.717, 1.165) is 51.8 Å². The number of nitrogens with one attached hydrogen (secondary N) is 2. The van der Waals surface area contributed by atoms with Gasteiger partial charge in [-0.3, -0.25) is 9.67 Å². The van der Waals surface area contributed by atoms with E-state index in [9.17, 15) is 4.57 Å². The van der Waals surface area contributed by atoms with Crippen LogP contribution in [0.5, 0.6) is 5.75 Å². The number of aryl methyl sites for hydroxylation is 1. The van der Waals surface area contributed by atoms with Crippen LogP contribution < -0.4 is 25.6 Å². The molecule has 0 atom stereocenters. The van der Waals surface area contributed by atoms with Gasteiger partial charge in [-0.15, -0.1) is 0 Å². The second-order valence-corrected chi connectivity index (χ2v) is 17.8. The molecule has 0 radical (unpaired) electrons. The van der Waals surface area contributed by atoms with E-state index in [4.69, 9.17) is 9.72 Å². The van der Waals surface area contributed by atoms with Crippen molar-refractivity contribution in [3.8, 4) is 16.9 Å². The van der Waals surface area contributed by atoms with Crippen LogP contribution in [-0.2, 0) is 11.6 Å². The number of fused-ring (bicyclic) bond motifs is 1. The van der Waals surface area contributed by atoms with Crippen molar-refractivity contribution in [2.45, 2.75) is 25.7 Å². The number of para-hydroxylation sites is 1. The molecule has 0 unspecified atom stereocenters. The van der Waals surface area contributed by atoms with E-state index in [1.165, 1.54) is 38.8 Å². The molecule has 0 amide bonds. The molecule has 2 fully saturated rings. The van der Waals surface area contributed by atoms with Gasteiger partial charge in [0.05, 0.1) is 40.9 Å². The van der Waals surface area contributed by atoms with Crippen LogP contribution in [0.15, 0.2) is 65.7 Å². The van der Waals surface area contributed by atoms with E-state index in [-0.39, 0.29) is 0 Å². The van der Waals surface area contributed by atoms with Crippen LogP contribution >= 0.6 is 23.1 Å². The molecule has 5 aromatic rings. The van der Waals surface area contributed by atoms with Crippen molar-refractivity contribution < 1.29 is 9.30 Å². The number of anilines is 5. The van der Waals surface area contributed by atoms with Crippen LogP contribution in [0.1, 0.15) is 25.7 Å². The van der Waals surface area contributed by atoms with Gasteiger partial charge in [0.15, 0.2) is 0 Å². The van der Waals surface area contributed by atoms with Gasteiger partial charge in [-0.1, -0.05) is 18.2 Å². The Hall–Kier alpha value is -3.99. The predicted octanol–water partition coefficient (Wildman–Crippen LogP) is 7.24. The van der Waals surface area contributed by atoms with Crippen molar-refractivity contribution in [1.82, 2.24) is 29.6 Å². The number of methoxy groups -OCH3 is 1. The number of nitrogens with zero attached hydrogens (tertiary/aromatic N) is 7. The summed E-state index contributed by atoms with van der Waals surface area (Å²) in [4.78, 5) is 19.0. The van der Waals surface area contributed by atoms with Crippen LogP contribution in [0.2, 0.25) is 0 Å². The summed E-state index contributed by atoms with van der Waals surface area (Å²) in [6, 6.07) is 12.0. The van der Waals surface area contributed by atoms with E-state index in [2.05, 4.69) is 70.6 Å². The number of hydrogen-bond donors (Lipinski definition) is 2. The lowest BCUT2D eigenvalue weighted by Gasteiger charge is -2.47. The summed E-state index contributed by atoms with van der Waals surface area (Å²) in [5.74, 6) is 1.59. The molecule has 2 aliphatic heterocycles. The van der Waals surface area contributed by atoms with Gasteiger partial charge < -0.3 is 29.7 Å². The second-order valence-electron chi connectivity index (χ2n) is 13.8. The van der Waals surface area contributed by atoms with Gasteiger partial charge in [0.25, 0.3) is 0 Å². The number of halogens is 1. The van der Waals surface area contributed by atoms with Crippen molar-refractivity contribution >= 4 is 68.1 Å². The molecular formula is C36H43BrN9O2P. The SMILES string of the molecule is COc1cc(N2CCC3(CCN(C)CC3)CC2)c(-c2cnn(C)c2)cc1Nc1ncc(Br)c(Nc2cnc3ccccc3c2P(C)(C)=O)n1. The largest absolute Gasteiger partial charge is 0.494 e. The summed E-state index contributed by atoms with van der Waals surface area (Å²) in [6.07, 6.45) is 12.3. The van der Waals surface area contributed by atoms with E-state index in [1.54, 1.807) is 32.8 Å². The molecule has 0 aliphatic carbocycles. The topological polar surface area (TPSA) is 113 Å². The zero-order valence-electron chi connectivity index (χ0n) is 28.7. The smallest absolute Gasteiger partial charge is 0.229 e. The third-order valence-electron chi connectivity index (χ3n) is 10.1. The highest BCUT2D eigenvalue weighted by Crippen LogP contribution is 2.46. The first-order valence-corrected chi connectivity index (χ1v) is 20.1. The summed E-state index contributed by atoms with van der Waals surface area (Å²) in [5, 5.41) is 12.9. The van der Waals surface area contributed by atoms with Gasteiger partial charge in [0.2, 0.25) is 5.95 Å². The zero-order valence-corrected chi connectivity index (χ0v) is 31.2. The van der Waals surface area contributed by atoms with Crippen molar-refractivity contribution in [3.63, 3.8) is 0 Å². The molecule has 256 valence electrons. The first-order valence-electron chi connectivity index (χ1n) is 16.7. The quantitative estimate of drug-likeness (QED) is 0.158. The van der Waals surface area contributed by atoms with Crippen LogP contribution in [0.3, 0.4) is 0 Å². The first-order chi connectivity index (χ1) is 23.5. The van der Waals surface area contributed by atoms with Crippen molar-refractivity contribution in [2.24, 2.45) is 12.5 Å². The predicted molar refractivity (Wildman–Crippen MR) is 203 cm³/mol. The number of hydrogen-bond acceptors (Lipinski definition) is 10. The number of benzene rings is 2. The van der Waals surface area contributed by atoms with Crippen LogP contribution in [0.25, 0.3) is 22.0 Å². The number of pyridine rings is 1. The average molecular weight is 745 g/mol. The van der Waals surface area contributed by atoms with E-state index >= 15 is 0 Å². The fourth-order valence-corrected chi connectivity index (χ4v) is 9.02. The number of piperidine rings is 2. The Morgan fingerprint density at radius 1 is 0.918 bits per heavy atom. The molecular weight excluding hydrogens is 701 g/mol. The van der Waals surface area contributed by atoms with Crippen LogP contribution in [0.4, 0.5) is 28.8 Å². The Balaban J connectivity index is 1.21. The van der Waals surface area contributed by atoms with Gasteiger partial charge in [-0.2, -0.15) is 10.1 Å². The minimum absolute atomic E-state index is 0.377. The highest BCUT2D eigenvalue weighted by molar-refractivity contribution is 9.10. The molecule has 1 spiro atoms. The van der Waals surface area contributed by atoms with Crippen molar-refractivity contribution in [2.75, 3.05) is 69.2 Å².